The first kappa shape index (κ1) is 13.4. The number of hydrazine groups is 1. The van der Waals surface area contributed by atoms with Crippen LogP contribution in [0.2, 0.25) is 5.02 Å². The van der Waals surface area contributed by atoms with Gasteiger partial charge in [0.25, 0.3) is 0 Å². The minimum Gasteiger partial charge on any atom is -0.380 e. The smallest absolute Gasteiger partial charge is 0.126 e. The molecule has 0 bridgehead atoms. The molecule has 3 N–H and O–H groups in total. The molecule has 1 aromatic rings. The van der Waals surface area contributed by atoms with Crippen LogP contribution < -0.4 is 11.3 Å². The maximum Gasteiger partial charge on any atom is 0.126 e. The summed E-state index contributed by atoms with van der Waals surface area (Å²) < 4.78 is 18.6. The summed E-state index contributed by atoms with van der Waals surface area (Å²) in [6, 6.07) is 4.31. The van der Waals surface area contributed by atoms with E-state index in [-0.39, 0.29) is 18.0 Å². The van der Waals surface area contributed by atoms with Gasteiger partial charge in [0, 0.05) is 12.1 Å². The van der Waals surface area contributed by atoms with Crippen molar-refractivity contribution < 1.29 is 9.13 Å². The maximum absolute atomic E-state index is 13.5. The van der Waals surface area contributed by atoms with Crippen LogP contribution >= 0.6 is 11.6 Å². The molecule has 2 unspecified atom stereocenters. The van der Waals surface area contributed by atoms with Gasteiger partial charge >= 0.3 is 0 Å². The molecule has 0 saturated heterocycles. The molecule has 2 atom stereocenters. The monoisotopic (exact) mass is 246 g/mol. The minimum absolute atomic E-state index is 0.108. The molecule has 3 nitrogen and oxygen atoms in total. The third kappa shape index (κ3) is 3.42. The van der Waals surface area contributed by atoms with Crippen molar-refractivity contribution >= 4 is 11.6 Å². The van der Waals surface area contributed by atoms with E-state index < -0.39 is 0 Å². The van der Waals surface area contributed by atoms with Gasteiger partial charge in [0.15, 0.2) is 0 Å². The second-order valence-corrected chi connectivity index (χ2v) is 4.09. The average molecular weight is 247 g/mol. The summed E-state index contributed by atoms with van der Waals surface area (Å²) in [6.45, 7) is 1.87. The first-order chi connectivity index (χ1) is 7.58. The van der Waals surface area contributed by atoms with Crippen LogP contribution in [0.25, 0.3) is 0 Å². The Morgan fingerprint density at radius 1 is 1.56 bits per heavy atom. The Morgan fingerprint density at radius 2 is 2.25 bits per heavy atom. The fourth-order valence-corrected chi connectivity index (χ4v) is 1.66. The van der Waals surface area contributed by atoms with Crippen molar-refractivity contribution in [1.82, 2.24) is 5.43 Å². The summed E-state index contributed by atoms with van der Waals surface area (Å²) >= 11 is 5.81. The molecule has 0 aliphatic carbocycles. The highest BCUT2D eigenvalue weighted by Gasteiger charge is 2.17. The van der Waals surface area contributed by atoms with Crippen molar-refractivity contribution in [3.63, 3.8) is 0 Å². The van der Waals surface area contributed by atoms with E-state index >= 15 is 0 Å². The number of methoxy groups -OCH3 is 1. The largest absolute Gasteiger partial charge is 0.380 e. The fourth-order valence-electron chi connectivity index (χ4n) is 1.46. The van der Waals surface area contributed by atoms with Crippen molar-refractivity contribution in [2.45, 2.75) is 25.5 Å². The summed E-state index contributed by atoms with van der Waals surface area (Å²) in [5.41, 5.74) is 3.14. The predicted molar refractivity (Wildman–Crippen MR) is 62.7 cm³/mol. The highest BCUT2D eigenvalue weighted by Crippen LogP contribution is 2.17. The lowest BCUT2D eigenvalue weighted by atomic mass is 10.0. The van der Waals surface area contributed by atoms with E-state index in [2.05, 4.69) is 5.43 Å². The van der Waals surface area contributed by atoms with Gasteiger partial charge in [0.2, 0.25) is 0 Å². The van der Waals surface area contributed by atoms with Crippen LogP contribution in [0, 0.1) is 5.82 Å². The highest BCUT2D eigenvalue weighted by molar-refractivity contribution is 6.30. The average Bonchev–Trinajstić information content (AvgIpc) is 2.29. The molecule has 0 saturated carbocycles. The van der Waals surface area contributed by atoms with E-state index in [0.29, 0.717) is 17.0 Å². The van der Waals surface area contributed by atoms with Crippen LogP contribution in [0.3, 0.4) is 0 Å². The van der Waals surface area contributed by atoms with Gasteiger partial charge in [-0.1, -0.05) is 11.6 Å². The molecule has 0 aliphatic rings. The zero-order valence-corrected chi connectivity index (χ0v) is 10.1. The first-order valence-electron chi connectivity index (χ1n) is 5.01. The Labute approximate surface area is 99.7 Å². The van der Waals surface area contributed by atoms with Gasteiger partial charge in [-0.05, 0) is 37.1 Å². The van der Waals surface area contributed by atoms with Crippen LogP contribution in [0.15, 0.2) is 18.2 Å². The van der Waals surface area contributed by atoms with E-state index in [0.717, 1.165) is 0 Å². The molecular formula is C11H16ClFN2O. The standard InChI is InChI=1S/C11H16ClFN2O/c1-7(16-2)11(15-14)6-8-5-9(12)3-4-10(8)13/h3-5,7,11,15H,6,14H2,1-2H3. The Bertz CT molecular complexity index is 349. The fraction of sp³-hybridized carbons (Fsp3) is 0.455. The van der Waals surface area contributed by atoms with Gasteiger partial charge in [-0.3, -0.25) is 11.3 Å². The minimum atomic E-state index is -0.284. The number of nitrogens with two attached hydrogens (primary N) is 1. The highest BCUT2D eigenvalue weighted by atomic mass is 35.5. The topological polar surface area (TPSA) is 47.3 Å². The third-order valence-corrected chi connectivity index (χ3v) is 2.84. The Morgan fingerprint density at radius 3 is 2.81 bits per heavy atom. The van der Waals surface area contributed by atoms with E-state index in [1.165, 1.54) is 12.1 Å². The number of ether oxygens (including phenoxy) is 1. The summed E-state index contributed by atoms with van der Waals surface area (Å²) in [5.74, 6) is 5.12. The number of hydrogen-bond donors (Lipinski definition) is 2. The molecule has 90 valence electrons. The Balaban J connectivity index is 2.81. The van der Waals surface area contributed by atoms with Crippen LogP contribution in [-0.4, -0.2) is 19.3 Å². The van der Waals surface area contributed by atoms with Crippen LogP contribution in [0.5, 0.6) is 0 Å². The summed E-state index contributed by atoms with van der Waals surface area (Å²) in [4.78, 5) is 0. The molecule has 1 rings (SSSR count). The lowest BCUT2D eigenvalue weighted by molar-refractivity contribution is 0.0828. The van der Waals surface area contributed by atoms with Crippen LogP contribution in [0.4, 0.5) is 4.39 Å². The number of hydrogen-bond acceptors (Lipinski definition) is 3. The number of rotatable bonds is 5. The van der Waals surface area contributed by atoms with E-state index in [9.17, 15) is 4.39 Å². The van der Waals surface area contributed by atoms with Crippen molar-refractivity contribution in [2.75, 3.05) is 7.11 Å². The van der Waals surface area contributed by atoms with Gasteiger partial charge in [-0.25, -0.2) is 4.39 Å². The molecule has 1 aromatic carbocycles. The molecule has 0 radical (unpaired) electrons. The van der Waals surface area contributed by atoms with Crippen molar-refractivity contribution in [3.05, 3.63) is 34.6 Å². The molecule has 0 spiro atoms. The van der Waals surface area contributed by atoms with Crippen molar-refractivity contribution in [1.29, 1.82) is 0 Å². The zero-order chi connectivity index (χ0) is 12.1. The number of nitrogens with one attached hydrogen (secondary N) is 1. The van der Waals surface area contributed by atoms with E-state index in [1.807, 2.05) is 6.92 Å². The van der Waals surface area contributed by atoms with Crippen molar-refractivity contribution in [2.24, 2.45) is 5.84 Å². The first-order valence-corrected chi connectivity index (χ1v) is 5.39. The number of halogens is 2. The van der Waals surface area contributed by atoms with Gasteiger partial charge in [-0.15, -0.1) is 0 Å². The van der Waals surface area contributed by atoms with Gasteiger partial charge < -0.3 is 4.74 Å². The third-order valence-electron chi connectivity index (χ3n) is 2.60. The molecule has 16 heavy (non-hydrogen) atoms. The molecule has 0 aromatic heterocycles. The lowest BCUT2D eigenvalue weighted by Crippen LogP contribution is -2.45. The van der Waals surface area contributed by atoms with Gasteiger partial charge in [0.1, 0.15) is 5.82 Å². The summed E-state index contributed by atoms with van der Waals surface area (Å²) in [5, 5.41) is 0.511. The van der Waals surface area contributed by atoms with Gasteiger partial charge in [-0.2, -0.15) is 0 Å². The quantitative estimate of drug-likeness (QED) is 0.616. The maximum atomic E-state index is 13.5. The molecule has 0 heterocycles. The zero-order valence-electron chi connectivity index (χ0n) is 9.34. The second-order valence-electron chi connectivity index (χ2n) is 3.65. The molecule has 0 aliphatic heterocycles. The van der Waals surface area contributed by atoms with Crippen LogP contribution in [-0.2, 0) is 11.2 Å². The van der Waals surface area contributed by atoms with Gasteiger partial charge in [0.05, 0.1) is 12.1 Å². The number of benzene rings is 1. The molecule has 0 amide bonds. The molecular weight excluding hydrogens is 231 g/mol. The SMILES string of the molecule is COC(C)C(Cc1cc(Cl)ccc1F)NN. The summed E-state index contributed by atoms with van der Waals surface area (Å²) in [6.07, 6.45) is 0.320. The molecule has 0 fully saturated rings. The predicted octanol–water partition coefficient (Wildman–Crippen LogP) is 1.89. The normalized spacial score (nSPS) is 14.8. The van der Waals surface area contributed by atoms with E-state index in [4.69, 9.17) is 22.2 Å². The molecule has 5 heteroatoms. The second kappa shape index (κ2) is 6.15. The van der Waals surface area contributed by atoms with Crippen molar-refractivity contribution in [3.8, 4) is 0 Å². The van der Waals surface area contributed by atoms with Crippen LogP contribution in [0.1, 0.15) is 12.5 Å². The Kier molecular flexibility index (Phi) is 5.15. The lowest BCUT2D eigenvalue weighted by Gasteiger charge is -2.22. The van der Waals surface area contributed by atoms with E-state index in [1.54, 1.807) is 13.2 Å². The Hall–Kier alpha value is -0.680. The summed E-state index contributed by atoms with van der Waals surface area (Å²) in [7, 11) is 1.59.